The third-order valence-electron chi connectivity index (χ3n) is 2.29. The molecule has 0 fully saturated rings. The molecule has 0 bridgehead atoms. The molecule has 0 aliphatic heterocycles. The Balaban J connectivity index is 3.36. The first-order chi connectivity index (χ1) is 7.52. The van der Waals surface area contributed by atoms with Crippen LogP contribution in [0.5, 0.6) is 5.75 Å². The maximum atomic E-state index is 10.8. The Kier molecular flexibility index (Phi) is 3.75. The van der Waals surface area contributed by atoms with Crippen LogP contribution in [0.4, 0.5) is 0 Å². The summed E-state index contributed by atoms with van der Waals surface area (Å²) < 4.78 is 4.99. The average Bonchev–Trinajstić information content (AvgIpc) is 2.27. The van der Waals surface area contributed by atoms with Crippen LogP contribution in [-0.2, 0) is 4.79 Å². The van der Waals surface area contributed by atoms with E-state index in [1.165, 1.54) is 26.2 Å². The highest BCUT2D eigenvalue weighted by Crippen LogP contribution is 2.35. The first kappa shape index (κ1) is 12.3. The van der Waals surface area contributed by atoms with Gasteiger partial charge in [-0.1, -0.05) is 17.7 Å². The summed E-state index contributed by atoms with van der Waals surface area (Å²) in [5.74, 6) is -1.50. The number of halogens is 1. The van der Waals surface area contributed by atoms with E-state index in [9.17, 15) is 4.79 Å². The molecule has 16 heavy (non-hydrogen) atoms. The van der Waals surface area contributed by atoms with Crippen molar-refractivity contribution < 1.29 is 14.6 Å². The Hall–Kier alpha value is -1.73. The van der Waals surface area contributed by atoms with Crippen molar-refractivity contribution in [1.82, 2.24) is 0 Å². The Morgan fingerprint density at radius 2 is 2.25 bits per heavy atom. The van der Waals surface area contributed by atoms with Gasteiger partial charge in [0.15, 0.2) is 5.75 Å². The maximum Gasteiger partial charge on any atom is 0.310 e. The third-order valence-corrected chi connectivity index (χ3v) is 2.68. The van der Waals surface area contributed by atoms with Crippen LogP contribution in [-0.4, -0.2) is 18.2 Å². The van der Waals surface area contributed by atoms with E-state index in [1.807, 2.05) is 6.07 Å². The van der Waals surface area contributed by atoms with Gasteiger partial charge in [-0.15, -0.1) is 0 Å². The van der Waals surface area contributed by atoms with E-state index < -0.39 is 11.9 Å². The molecule has 0 aliphatic rings. The van der Waals surface area contributed by atoms with E-state index >= 15 is 0 Å². The minimum absolute atomic E-state index is 0.177. The van der Waals surface area contributed by atoms with Crippen molar-refractivity contribution >= 4 is 17.6 Å². The zero-order valence-electron chi connectivity index (χ0n) is 8.82. The number of hydrogen-bond donors (Lipinski definition) is 1. The summed E-state index contributed by atoms with van der Waals surface area (Å²) in [5, 5.41) is 17.9. The quantitative estimate of drug-likeness (QED) is 0.879. The molecule has 1 N–H and O–H groups in total. The smallest absolute Gasteiger partial charge is 0.310 e. The van der Waals surface area contributed by atoms with Crippen LogP contribution >= 0.6 is 11.6 Å². The number of nitrogens with zero attached hydrogens (tertiary/aromatic N) is 1. The summed E-state index contributed by atoms with van der Waals surface area (Å²) in [5.41, 5.74) is 0.721. The number of carboxylic acid groups (broad SMARTS) is 1. The largest absolute Gasteiger partial charge is 0.494 e. The van der Waals surface area contributed by atoms with Crippen molar-refractivity contribution in [2.45, 2.75) is 12.8 Å². The van der Waals surface area contributed by atoms with Gasteiger partial charge in [0.05, 0.1) is 23.6 Å². The highest BCUT2D eigenvalue weighted by atomic mass is 35.5. The summed E-state index contributed by atoms with van der Waals surface area (Å²) >= 11 is 5.99. The second-order valence-corrected chi connectivity index (χ2v) is 3.60. The number of nitriles is 1. The first-order valence-electron chi connectivity index (χ1n) is 4.52. The van der Waals surface area contributed by atoms with E-state index in [4.69, 9.17) is 26.7 Å². The molecule has 0 spiro atoms. The van der Waals surface area contributed by atoms with E-state index in [-0.39, 0.29) is 16.3 Å². The van der Waals surface area contributed by atoms with E-state index in [2.05, 4.69) is 0 Å². The van der Waals surface area contributed by atoms with Gasteiger partial charge in [0, 0.05) is 0 Å². The fraction of sp³-hybridized carbons (Fsp3) is 0.273. The number of carbonyl (C=O) groups is 1. The molecule has 1 aromatic carbocycles. The molecular formula is C11H10ClNO3. The van der Waals surface area contributed by atoms with Crippen LogP contribution < -0.4 is 4.74 Å². The number of aliphatic carboxylic acids is 1. The molecule has 0 heterocycles. The zero-order valence-corrected chi connectivity index (χ0v) is 9.58. The van der Waals surface area contributed by atoms with Crippen LogP contribution in [0.2, 0.25) is 5.02 Å². The summed E-state index contributed by atoms with van der Waals surface area (Å²) in [6.45, 7) is 1.52. The topological polar surface area (TPSA) is 70.3 Å². The molecule has 1 rings (SSSR count). The molecule has 84 valence electrons. The van der Waals surface area contributed by atoms with E-state index in [0.717, 1.165) is 0 Å². The minimum Gasteiger partial charge on any atom is -0.494 e. The molecule has 5 heteroatoms. The summed E-state index contributed by atoms with van der Waals surface area (Å²) in [6.07, 6.45) is 0. The molecule has 1 aromatic rings. The number of ether oxygens (including phenoxy) is 1. The lowest BCUT2D eigenvalue weighted by Crippen LogP contribution is -2.08. The molecule has 0 aromatic heterocycles. The monoisotopic (exact) mass is 239 g/mol. The average molecular weight is 240 g/mol. The second kappa shape index (κ2) is 4.86. The highest BCUT2D eigenvalue weighted by Gasteiger charge is 2.21. The van der Waals surface area contributed by atoms with Crippen molar-refractivity contribution in [2.75, 3.05) is 7.11 Å². The van der Waals surface area contributed by atoms with Crippen molar-refractivity contribution in [1.29, 1.82) is 5.26 Å². The Morgan fingerprint density at radius 3 is 2.69 bits per heavy atom. The lowest BCUT2D eigenvalue weighted by Gasteiger charge is -2.12. The number of carboxylic acids is 1. The molecule has 4 nitrogen and oxygen atoms in total. The third kappa shape index (κ3) is 2.10. The lowest BCUT2D eigenvalue weighted by molar-refractivity contribution is -0.138. The van der Waals surface area contributed by atoms with Crippen LogP contribution in [0.3, 0.4) is 0 Å². The Bertz CT molecular complexity index is 465. The fourth-order valence-electron chi connectivity index (χ4n) is 1.33. The van der Waals surface area contributed by atoms with Gasteiger partial charge in [-0.25, -0.2) is 0 Å². The summed E-state index contributed by atoms with van der Waals surface area (Å²) in [4.78, 5) is 10.8. The van der Waals surface area contributed by atoms with Gasteiger partial charge in [-0.05, 0) is 18.6 Å². The number of hydrogen-bond acceptors (Lipinski definition) is 3. The van der Waals surface area contributed by atoms with Gasteiger partial charge in [0.2, 0.25) is 0 Å². The number of benzene rings is 1. The zero-order chi connectivity index (χ0) is 12.3. The van der Waals surface area contributed by atoms with Gasteiger partial charge < -0.3 is 9.84 Å². The standard InChI is InChI=1S/C11H10ClNO3/c1-6(11(14)15)8-4-3-7(5-13)10(16-2)9(8)12/h3-4,6H,1-2H3,(H,14,15). The van der Waals surface area contributed by atoms with Gasteiger partial charge in [-0.3, -0.25) is 4.79 Å². The molecule has 0 radical (unpaired) electrons. The first-order valence-corrected chi connectivity index (χ1v) is 4.90. The minimum atomic E-state index is -0.978. The highest BCUT2D eigenvalue weighted by molar-refractivity contribution is 6.33. The second-order valence-electron chi connectivity index (χ2n) is 3.22. The molecular weight excluding hydrogens is 230 g/mol. The Labute approximate surface area is 98.0 Å². The van der Waals surface area contributed by atoms with Gasteiger partial charge >= 0.3 is 5.97 Å². The van der Waals surface area contributed by atoms with Crippen molar-refractivity contribution in [2.24, 2.45) is 0 Å². The van der Waals surface area contributed by atoms with Gasteiger partial charge in [-0.2, -0.15) is 5.26 Å². The van der Waals surface area contributed by atoms with Crippen LogP contribution in [0.25, 0.3) is 0 Å². The van der Waals surface area contributed by atoms with Crippen LogP contribution in [0, 0.1) is 11.3 Å². The predicted octanol–water partition coefficient (Wildman–Crippen LogP) is 2.41. The molecule has 1 unspecified atom stereocenters. The molecule has 0 amide bonds. The summed E-state index contributed by atoms with van der Waals surface area (Å²) in [6, 6.07) is 4.96. The molecule has 0 aliphatic carbocycles. The van der Waals surface area contributed by atoms with E-state index in [0.29, 0.717) is 5.56 Å². The lowest BCUT2D eigenvalue weighted by atomic mass is 9.99. The number of rotatable bonds is 3. The fourth-order valence-corrected chi connectivity index (χ4v) is 1.73. The van der Waals surface area contributed by atoms with Crippen LogP contribution in [0.1, 0.15) is 24.0 Å². The van der Waals surface area contributed by atoms with Crippen LogP contribution in [0.15, 0.2) is 12.1 Å². The molecule has 0 saturated carbocycles. The SMILES string of the molecule is COc1c(C#N)ccc(C(C)C(=O)O)c1Cl. The van der Waals surface area contributed by atoms with Crippen molar-refractivity contribution in [3.05, 3.63) is 28.3 Å². The van der Waals surface area contributed by atoms with Gasteiger partial charge in [0.25, 0.3) is 0 Å². The predicted molar refractivity (Wildman–Crippen MR) is 58.8 cm³/mol. The normalized spacial score (nSPS) is 11.6. The molecule has 0 saturated heterocycles. The van der Waals surface area contributed by atoms with Crippen molar-refractivity contribution in [3.8, 4) is 11.8 Å². The molecule has 1 atom stereocenters. The number of methoxy groups -OCH3 is 1. The maximum absolute atomic E-state index is 10.8. The van der Waals surface area contributed by atoms with Crippen molar-refractivity contribution in [3.63, 3.8) is 0 Å². The Morgan fingerprint density at radius 1 is 1.62 bits per heavy atom. The van der Waals surface area contributed by atoms with Gasteiger partial charge in [0.1, 0.15) is 6.07 Å². The van der Waals surface area contributed by atoms with E-state index in [1.54, 1.807) is 0 Å². The summed E-state index contributed by atoms with van der Waals surface area (Å²) in [7, 11) is 1.39.